The molecule has 14 heteroatoms. The average Bonchev–Trinajstić information content (AvgIpc) is 2.96. The van der Waals surface area contributed by atoms with Gasteiger partial charge in [0.1, 0.15) is 23.4 Å². The summed E-state index contributed by atoms with van der Waals surface area (Å²) in [7, 11) is -3.48. The number of anilines is 1. The first-order chi connectivity index (χ1) is 21.5. The number of carbonyl (C=O) groups excluding carboxylic acids is 2. The minimum atomic E-state index is -4.55. The summed E-state index contributed by atoms with van der Waals surface area (Å²) < 4.78 is 71.4. The molecule has 1 aliphatic heterocycles. The summed E-state index contributed by atoms with van der Waals surface area (Å²) in [5, 5.41) is 2.64. The summed E-state index contributed by atoms with van der Waals surface area (Å²) in [5.41, 5.74) is 0.575. The molecule has 1 aromatic carbocycles. The van der Waals surface area contributed by atoms with Gasteiger partial charge >= 0.3 is 6.18 Å². The Bertz CT molecular complexity index is 1760. The fourth-order valence-electron chi connectivity index (χ4n) is 5.30. The largest absolute Gasteiger partial charge is 0.483 e. The number of sulfone groups is 1. The van der Waals surface area contributed by atoms with Gasteiger partial charge in [-0.2, -0.15) is 13.2 Å². The number of hydrogen-bond donors (Lipinski definition) is 1. The summed E-state index contributed by atoms with van der Waals surface area (Å²) in [4.78, 5) is 37.3. The standard InChI is InChI=1S/C32H36F3N5O5S/c1-7-28(41)40-11-10-39(17-22(40)5)18-27(23-9-8-19(2)26(14-23)32(33,34)35)45-24-12-20(3)29(36-15-24)31(42)38-30-21(4)13-25(16-37-30)46(6,43)44/h7-9,12-16,22,27H,1,10-11,17-18H2,2-6H3,(H,37,38,42)/t22-,27-/m1/s1. The summed E-state index contributed by atoms with van der Waals surface area (Å²) in [5.74, 6) is -0.357. The topological polar surface area (TPSA) is 122 Å². The number of aryl methyl sites for hydroxylation is 3. The number of halogens is 3. The Morgan fingerprint density at radius 3 is 2.39 bits per heavy atom. The molecule has 0 aliphatic carbocycles. The number of nitrogens with zero attached hydrogens (tertiary/aromatic N) is 4. The zero-order valence-corrected chi connectivity index (χ0v) is 27.0. The maximum absolute atomic E-state index is 13.8. The predicted molar refractivity (Wildman–Crippen MR) is 166 cm³/mol. The van der Waals surface area contributed by atoms with Crippen molar-refractivity contribution in [1.82, 2.24) is 19.8 Å². The van der Waals surface area contributed by atoms with Crippen LogP contribution in [0.4, 0.5) is 19.0 Å². The van der Waals surface area contributed by atoms with Crippen LogP contribution in [-0.2, 0) is 20.8 Å². The number of alkyl halides is 3. The van der Waals surface area contributed by atoms with Crippen molar-refractivity contribution in [1.29, 1.82) is 0 Å². The smallest absolute Gasteiger partial charge is 0.416 e. The van der Waals surface area contributed by atoms with Crippen molar-refractivity contribution in [2.45, 2.75) is 50.9 Å². The lowest BCUT2D eigenvalue weighted by Gasteiger charge is -2.40. The molecule has 0 radical (unpaired) electrons. The molecule has 1 fully saturated rings. The number of benzene rings is 1. The highest BCUT2D eigenvalue weighted by molar-refractivity contribution is 7.90. The van der Waals surface area contributed by atoms with Gasteiger partial charge in [0.2, 0.25) is 5.91 Å². The van der Waals surface area contributed by atoms with Crippen LogP contribution in [0.3, 0.4) is 0 Å². The summed E-state index contributed by atoms with van der Waals surface area (Å²) >= 11 is 0. The van der Waals surface area contributed by atoms with E-state index in [2.05, 4.69) is 21.9 Å². The molecule has 46 heavy (non-hydrogen) atoms. The predicted octanol–water partition coefficient (Wildman–Crippen LogP) is 4.92. The van der Waals surface area contributed by atoms with Gasteiger partial charge in [-0.15, -0.1) is 0 Å². The van der Waals surface area contributed by atoms with Crippen molar-refractivity contribution in [3.8, 4) is 5.75 Å². The lowest BCUT2D eigenvalue weighted by atomic mass is 10.00. The van der Waals surface area contributed by atoms with E-state index in [4.69, 9.17) is 4.74 Å². The third-order valence-electron chi connectivity index (χ3n) is 7.79. The fourth-order valence-corrected chi connectivity index (χ4v) is 5.93. The van der Waals surface area contributed by atoms with Crippen molar-refractivity contribution in [3.05, 3.63) is 88.9 Å². The number of amides is 2. The van der Waals surface area contributed by atoms with Gasteiger partial charge in [-0.25, -0.2) is 18.4 Å². The Kier molecular flexibility index (Phi) is 10.2. The quantitative estimate of drug-likeness (QED) is 0.322. The first kappa shape index (κ1) is 34.6. The van der Waals surface area contributed by atoms with Crippen molar-refractivity contribution >= 4 is 27.5 Å². The Hall–Kier alpha value is -4.30. The number of hydrogen-bond acceptors (Lipinski definition) is 8. The monoisotopic (exact) mass is 659 g/mol. The first-order valence-electron chi connectivity index (χ1n) is 14.4. The number of aromatic nitrogens is 2. The number of rotatable bonds is 9. The molecule has 246 valence electrons. The minimum absolute atomic E-state index is 0.0193. The molecule has 0 unspecified atom stereocenters. The van der Waals surface area contributed by atoms with Crippen LogP contribution < -0.4 is 10.1 Å². The lowest BCUT2D eigenvalue weighted by Crippen LogP contribution is -2.54. The van der Waals surface area contributed by atoms with Crippen LogP contribution in [-0.4, -0.2) is 78.5 Å². The van der Waals surface area contributed by atoms with Crippen LogP contribution in [0.5, 0.6) is 5.75 Å². The van der Waals surface area contributed by atoms with E-state index in [-0.39, 0.29) is 46.2 Å². The van der Waals surface area contributed by atoms with Gasteiger partial charge in [0.25, 0.3) is 5.91 Å². The van der Waals surface area contributed by atoms with Gasteiger partial charge in [0.15, 0.2) is 9.84 Å². The maximum Gasteiger partial charge on any atom is 0.416 e. The van der Waals surface area contributed by atoms with Crippen LogP contribution in [0, 0.1) is 20.8 Å². The second-order valence-electron chi connectivity index (χ2n) is 11.4. The summed E-state index contributed by atoms with van der Waals surface area (Å²) in [6.07, 6.45) is -0.594. The highest BCUT2D eigenvalue weighted by atomic mass is 32.2. The van der Waals surface area contributed by atoms with Crippen molar-refractivity contribution in [3.63, 3.8) is 0 Å². The Morgan fingerprint density at radius 1 is 1.09 bits per heavy atom. The highest BCUT2D eigenvalue weighted by Gasteiger charge is 2.34. The normalized spacial score (nSPS) is 16.5. The molecule has 2 aromatic heterocycles. The van der Waals surface area contributed by atoms with E-state index in [1.807, 2.05) is 11.8 Å². The SMILES string of the molecule is C=CC(=O)N1CCN(C[C@@H](Oc2cnc(C(=O)Nc3ncc(S(C)(=O)=O)cc3C)c(C)c2)c2ccc(C)c(C(F)(F)F)c2)C[C@H]1C. The lowest BCUT2D eigenvalue weighted by molar-refractivity contribution is -0.138. The van der Waals surface area contributed by atoms with E-state index in [9.17, 15) is 31.2 Å². The number of piperazine rings is 1. The van der Waals surface area contributed by atoms with Crippen LogP contribution in [0.2, 0.25) is 0 Å². The van der Waals surface area contributed by atoms with Crippen LogP contribution >= 0.6 is 0 Å². The Morgan fingerprint density at radius 2 is 1.80 bits per heavy atom. The number of ether oxygens (including phenoxy) is 1. The fraction of sp³-hybridized carbons (Fsp3) is 0.375. The average molecular weight is 660 g/mol. The van der Waals surface area contributed by atoms with E-state index in [1.54, 1.807) is 30.9 Å². The second-order valence-corrected chi connectivity index (χ2v) is 13.4. The van der Waals surface area contributed by atoms with Gasteiger partial charge in [-0.1, -0.05) is 18.7 Å². The molecule has 0 saturated carbocycles. The number of nitrogens with one attached hydrogen (secondary N) is 1. The molecule has 1 saturated heterocycles. The van der Waals surface area contributed by atoms with E-state index >= 15 is 0 Å². The summed E-state index contributed by atoms with van der Waals surface area (Å²) in [6.45, 7) is 11.7. The third kappa shape index (κ3) is 8.10. The van der Waals surface area contributed by atoms with Crippen LogP contribution in [0.25, 0.3) is 0 Å². The molecule has 10 nitrogen and oxygen atoms in total. The Balaban J connectivity index is 1.58. The number of carbonyl (C=O) groups is 2. The molecular formula is C32H36F3N5O5S. The molecule has 0 spiro atoms. The van der Waals surface area contributed by atoms with Crippen molar-refractivity contribution in [2.24, 2.45) is 0 Å². The van der Waals surface area contributed by atoms with E-state index in [0.29, 0.717) is 36.3 Å². The first-order valence-corrected chi connectivity index (χ1v) is 16.3. The maximum atomic E-state index is 13.8. The second kappa shape index (κ2) is 13.6. The van der Waals surface area contributed by atoms with Crippen molar-refractivity contribution < 1.29 is 35.9 Å². The van der Waals surface area contributed by atoms with Crippen LogP contribution in [0.15, 0.2) is 60.3 Å². The highest BCUT2D eigenvalue weighted by Crippen LogP contribution is 2.35. The molecule has 4 rings (SSSR count). The van der Waals surface area contributed by atoms with E-state index < -0.39 is 33.6 Å². The molecule has 3 heterocycles. The van der Waals surface area contributed by atoms with Gasteiger partial charge in [0.05, 0.1) is 16.7 Å². The molecule has 2 amide bonds. The van der Waals surface area contributed by atoms with Crippen LogP contribution in [0.1, 0.15) is 51.3 Å². The molecule has 0 bridgehead atoms. The zero-order chi connectivity index (χ0) is 34.0. The van der Waals surface area contributed by atoms with Gasteiger partial charge in [-0.3, -0.25) is 14.5 Å². The molecule has 1 N–H and O–H groups in total. The van der Waals surface area contributed by atoms with Gasteiger partial charge in [-0.05, 0) is 74.2 Å². The molecule has 3 aromatic rings. The van der Waals surface area contributed by atoms with Gasteiger partial charge < -0.3 is 15.0 Å². The zero-order valence-electron chi connectivity index (χ0n) is 26.2. The number of pyridine rings is 2. The van der Waals surface area contributed by atoms with Crippen molar-refractivity contribution in [2.75, 3.05) is 37.8 Å². The van der Waals surface area contributed by atoms with E-state index in [1.165, 1.54) is 31.3 Å². The molecule has 1 aliphatic rings. The molecular weight excluding hydrogens is 623 g/mol. The minimum Gasteiger partial charge on any atom is -0.483 e. The Labute approximate surface area is 266 Å². The summed E-state index contributed by atoms with van der Waals surface area (Å²) in [6, 6.07) is 6.93. The molecule has 2 atom stereocenters. The van der Waals surface area contributed by atoms with E-state index in [0.717, 1.165) is 18.5 Å². The third-order valence-corrected chi connectivity index (χ3v) is 8.87. The van der Waals surface area contributed by atoms with Gasteiger partial charge in [0, 0.05) is 44.7 Å².